The molecule has 1 saturated heterocycles. The number of anilines is 1. The van der Waals surface area contributed by atoms with Crippen LogP contribution in [0.3, 0.4) is 0 Å². The highest BCUT2D eigenvalue weighted by Crippen LogP contribution is 2.27. The Kier molecular flexibility index (Phi) is 5.60. The summed E-state index contributed by atoms with van der Waals surface area (Å²) in [4.78, 5) is 6.92. The molecule has 5 heteroatoms. The van der Waals surface area contributed by atoms with E-state index in [9.17, 15) is 0 Å². The smallest absolute Gasteiger partial charge is 0.143 e. The van der Waals surface area contributed by atoms with Gasteiger partial charge in [0.05, 0.1) is 23.7 Å². The molecule has 1 aliphatic heterocycles. The van der Waals surface area contributed by atoms with E-state index >= 15 is 0 Å². The summed E-state index contributed by atoms with van der Waals surface area (Å²) in [5, 5.41) is 3.47. The van der Waals surface area contributed by atoms with E-state index in [1.54, 1.807) is 0 Å². The number of pyridine rings is 1. The van der Waals surface area contributed by atoms with Crippen molar-refractivity contribution in [3.63, 3.8) is 0 Å². The Labute approximate surface area is 123 Å². The van der Waals surface area contributed by atoms with Crippen LogP contribution in [0.15, 0.2) is 16.7 Å². The van der Waals surface area contributed by atoms with Crippen molar-refractivity contribution in [3.05, 3.63) is 22.3 Å². The van der Waals surface area contributed by atoms with Crippen LogP contribution in [0.5, 0.6) is 0 Å². The molecular formula is C14H22BrN3O. The van der Waals surface area contributed by atoms with Gasteiger partial charge in [0.25, 0.3) is 0 Å². The molecule has 1 aromatic heterocycles. The second-order valence-electron chi connectivity index (χ2n) is 4.94. The summed E-state index contributed by atoms with van der Waals surface area (Å²) in [6.45, 7) is 8.65. The summed E-state index contributed by atoms with van der Waals surface area (Å²) >= 11 is 3.63. The molecule has 0 bridgehead atoms. The molecule has 0 radical (unpaired) electrons. The monoisotopic (exact) mass is 327 g/mol. The lowest BCUT2D eigenvalue weighted by molar-refractivity contribution is 0.0933. The second-order valence-corrected chi connectivity index (χ2v) is 5.80. The molecule has 2 rings (SSSR count). The zero-order valence-electron chi connectivity index (χ0n) is 11.7. The Morgan fingerprint density at radius 2 is 2.42 bits per heavy atom. The highest BCUT2D eigenvalue weighted by molar-refractivity contribution is 9.10. The lowest BCUT2D eigenvalue weighted by Gasteiger charge is -2.37. The first-order valence-electron chi connectivity index (χ1n) is 6.89. The standard InChI is InChI=1S/C14H22BrN3O/c1-3-4-16-9-12-10-19-6-5-18(12)14-13(15)7-11(2)8-17-14/h7-8,12,16H,3-6,9-10H2,1-2H3. The molecule has 0 saturated carbocycles. The van der Waals surface area contributed by atoms with E-state index in [-0.39, 0.29) is 0 Å². The summed E-state index contributed by atoms with van der Waals surface area (Å²) in [6.07, 6.45) is 3.08. The number of hydrogen-bond donors (Lipinski definition) is 1. The highest BCUT2D eigenvalue weighted by Gasteiger charge is 2.25. The van der Waals surface area contributed by atoms with Gasteiger partial charge >= 0.3 is 0 Å². The number of hydrogen-bond acceptors (Lipinski definition) is 4. The third-order valence-corrected chi connectivity index (χ3v) is 3.85. The van der Waals surface area contributed by atoms with Crippen molar-refractivity contribution in [2.24, 2.45) is 0 Å². The van der Waals surface area contributed by atoms with Crippen LogP contribution in [0.25, 0.3) is 0 Å². The van der Waals surface area contributed by atoms with Crippen LogP contribution in [0, 0.1) is 6.92 Å². The normalized spacial score (nSPS) is 19.7. The molecule has 2 heterocycles. The van der Waals surface area contributed by atoms with Gasteiger partial charge in [-0.05, 0) is 47.4 Å². The number of ether oxygens (including phenoxy) is 1. The SMILES string of the molecule is CCCNCC1COCCN1c1ncc(C)cc1Br. The van der Waals surface area contributed by atoms with Gasteiger partial charge in [-0.15, -0.1) is 0 Å². The molecule has 0 aromatic carbocycles. The van der Waals surface area contributed by atoms with Gasteiger partial charge in [-0.3, -0.25) is 0 Å². The minimum atomic E-state index is 0.354. The molecule has 1 atom stereocenters. The topological polar surface area (TPSA) is 37.4 Å². The van der Waals surface area contributed by atoms with Gasteiger partial charge in [0.15, 0.2) is 0 Å². The van der Waals surface area contributed by atoms with Gasteiger partial charge in [-0.25, -0.2) is 4.98 Å². The van der Waals surface area contributed by atoms with Crippen LogP contribution >= 0.6 is 15.9 Å². The lowest BCUT2D eigenvalue weighted by Crippen LogP contribution is -2.51. The molecule has 19 heavy (non-hydrogen) atoms. The van der Waals surface area contributed by atoms with Gasteiger partial charge in [-0.2, -0.15) is 0 Å². The van der Waals surface area contributed by atoms with Crippen molar-refractivity contribution < 1.29 is 4.74 Å². The maximum absolute atomic E-state index is 5.60. The second kappa shape index (κ2) is 7.22. The van der Waals surface area contributed by atoms with E-state index in [1.165, 1.54) is 5.56 Å². The quantitative estimate of drug-likeness (QED) is 0.842. The first-order valence-corrected chi connectivity index (χ1v) is 7.69. The fourth-order valence-corrected chi connectivity index (χ4v) is 2.98. The van der Waals surface area contributed by atoms with E-state index in [1.807, 2.05) is 6.20 Å². The first kappa shape index (κ1) is 14.8. The lowest BCUT2D eigenvalue weighted by atomic mass is 10.2. The molecule has 0 amide bonds. The molecule has 1 aromatic rings. The number of aryl methyl sites for hydroxylation is 1. The number of rotatable bonds is 5. The molecule has 1 N–H and O–H groups in total. The van der Waals surface area contributed by atoms with Gasteiger partial charge in [0.1, 0.15) is 5.82 Å². The van der Waals surface area contributed by atoms with Gasteiger partial charge in [-0.1, -0.05) is 6.92 Å². The van der Waals surface area contributed by atoms with Gasteiger partial charge in [0.2, 0.25) is 0 Å². The van der Waals surface area contributed by atoms with Crippen LogP contribution in [-0.4, -0.2) is 43.9 Å². The third-order valence-electron chi connectivity index (χ3n) is 3.26. The fourth-order valence-electron chi connectivity index (χ4n) is 2.29. The summed E-state index contributed by atoms with van der Waals surface area (Å²) in [5.41, 5.74) is 1.17. The summed E-state index contributed by atoms with van der Waals surface area (Å²) in [5.74, 6) is 1.03. The summed E-state index contributed by atoms with van der Waals surface area (Å²) < 4.78 is 6.67. The largest absolute Gasteiger partial charge is 0.377 e. The van der Waals surface area contributed by atoms with E-state index in [2.05, 4.69) is 51.0 Å². The van der Waals surface area contributed by atoms with Crippen molar-refractivity contribution in [2.75, 3.05) is 37.7 Å². The van der Waals surface area contributed by atoms with Crippen LogP contribution in [0.2, 0.25) is 0 Å². The van der Waals surface area contributed by atoms with Crippen LogP contribution in [0.4, 0.5) is 5.82 Å². The molecule has 1 aliphatic rings. The number of morpholine rings is 1. The molecule has 0 spiro atoms. The first-order chi connectivity index (χ1) is 9.22. The minimum Gasteiger partial charge on any atom is -0.377 e. The van der Waals surface area contributed by atoms with E-state index < -0.39 is 0 Å². The number of halogens is 1. The van der Waals surface area contributed by atoms with Crippen molar-refractivity contribution in [3.8, 4) is 0 Å². The molecule has 0 aliphatic carbocycles. The Morgan fingerprint density at radius 1 is 1.58 bits per heavy atom. The zero-order chi connectivity index (χ0) is 13.7. The van der Waals surface area contributed by atoms with Crippen molar-refractivity contribution in [2.45, 2.75) is 26.3 Å². The average molecular weight is 328 g/mol. The van der Waals surface area contributed by atoms with Crippen molar-refractivity contribution in [1.29, 1.82) is 0 Å². The van der Waals surface area contributed by atoms with Crippen LogP contribution in [0.1, 0.15) is 18.9 Å². The predicted octanol–water partition coefficient (Wildman–Crippen LogP) is 2.36. The van der Waals surface area contributed by atoms with Crippen LogP contribution < -0.4 is 10.2 Å². The molecule has 4 nitrogen and oxygen atoms in total. The molecular weight excluding hydrogens is 306 g/mol. The fraction of sp³-hybridized carbons (Fsp3) is 0.643. The number of nitrogens with zero attached hydrogens (tertiary/aromatic N) is 2. The van der Waals surface area contributed by atoms with Crippen LogP contribution in [-0.2, 0) is 4.74 Å². The number of nitrogens with one attached hydrogen (secondary N) is 1. The maximum Gasteiger partial charge on any atom is 0.143 e. The Bertz CT molecular complexity index is 414. The molecule has 1 unspecified atom stereocenters. The average Bonchev–Trinajstić information content (AvgIpc) is 2.40. The molecule has 106 valence electrons. The summed E-state index contributed by atoms with van der Waals surface area (Å²) in [7, 11) is 0. The number of aromatic nitrogens is 1. The van der Waals surface area contributed by atoms with Crippen molar-refractivity contribution in [1.82, 2.24) is 10.3 Å². The zero-order valence-corrected chi connectivity index (χ0v) is 13.2. The maximum atomic E-state index is 5.60. The highest BCUT2D eigenvalue weighted by atomic mass is 79.9. The molecule has 1 fully saturated rings. The van der Waals surface area contributed by atoms with E-state index in [0.29, 0.717) is 6.04 Å². The Hall–Kier alpha value is -0.650. The Balaban J connectivity index is 2.09. The van der Waals surface area contributed by atoms with Gasteiger partial charge in [0, 0.05) is 19.3 Å². The minimum absolute atomic E-state index is 0.354. The van der Waals surface area contributed by atoms with E-state index in [4.69, 9.17) is 4.74 Å². The van der Waals surface area contributed by atoms with E-state index in [0.717, 1.165) is 49.6 Å². The third kappa shape index (κ3) is 3.91. The summed E-state index contributed by atoms with van der Waals surface area (Å²) in [6, 6.07) is 2.47. The van der Waals surface area contributed by atoms with Crippen molar-refractivity contribution >= 4 is 21.7 Å². The van der Waals surface area contributed by atoms with Gasteiger partial charge < -0.3 is 15.0 Å². The predicted molar refractivity (Wildman–Crippen MR) is 81.8 cm³/mol. The Morgan fingerprint density at radius 3 is 3.16 bits per heavy atom.